The minimum absolute atomic E-state index is 0.0514. The summed E-state index contributed by atoms with van der Waals surface area (Å²) < 4.78 is 14.0. The van der Waals surface area contributed by atoms with Crippen LogP contribution < -0.4 is 14.4 Å². The highest BCUT2D eigenvalue weighted by Crippen LogP contribution is 2.41. The first-order valence-electron chi connectivity index (χ1n) is 10.6. The van der Waals surface area contributed by atoms with Crippen molar-refractivity contribution in [1.82, 2.24) is 19.7 Å². The number of hydrogen-bond acceptors (Lipinski definition) is 7. The van der Waals surface area contributed by atoms with Gasteiger partial charge in [-0.2, -0.15) is 0 Å². The highest BCUT2D eigenvalue weighted by Gasteiger charge is 2.33. The van der Waals surface area contributed by atoms with Crippen molar-refractivity contribution in [2.75, 3.05) is 43.9 Å². The summed E-state index contributed by atoms with van der Waals surface area (Å²) in [6, 6.07) is 8.11. The number of thioether (sulfide) groups is 1. The number of fused-ring (bicyclic) bond motifs is 1. The molecule has 1 aromatic heterocycles. The molecule has 9 heteroatoms. The van der Waals surface area contributed by atoms with Crippen LogP contribution in [-0.2, 0) is 4.79 Å². The maximum Gasteiger partial charge on any atom is 0.232 e. The van der Waals surface area contributed by atoms with Crippen LogP contribution in [0.2, 0.25) is 0 Å². The summed E-state index contributed by atoms with van der Waals surface area (Å²) in [5.41, 5.74) is 0. The second kappa shape index (κ2) is 8.37. The van der Waals surface area contributed by atoms with E-state index >= 15 is 0 Å². The second-order valence-electron chi connectivity index (χ2n) is 8.14. The van der Waals surface area contributed by atoms with Crippen LogP contribution in [0.1, 0.15) is 31.7 Å². The molecule has 2 aliphatic heterocycles. The summed E-state index contributed by atoms with van der Waals surface area (Å²) in [6.45, 7) is 3.02. The van der Waals surface area contributed by atoms with E-state index in [-0.39, 0.29) is 12.0 Å². The van der Waals surface area contributed by atoms with Crippen LogP contribution in [0.3, 0.4) is 0 Å². The number of hydrogen-bond donors (Lipinski definition) is 0. The zero-order valence-corrected chi connectivity index (χ0v) is 18.0. The quantitative estimate of drug-likeness (QED) is 0.627. The number of anilines is 1. The highest BCUT2D eigenvalue weighted by atomic mass is 32.2. The number of ether oxygens (including phenoxy) is 2. The Morgan fingerprint density at radius 3 is 2.73 bits per heavy atom. The molecule has 1 aromatic carbocycles. The largest absolute Gasteiger partial charge is 0.486 e. The Kier molecular flexibility index (Phi) is 5.45. The lowest BCUT2D eigenvalue weighted by Gasteiger charge is -2.29. The minimum Gasteiger partial charge on any atom is -0.486 e. The SMILES string of the molecule is CN(C[C@H]1COc2ccccc2O1)C(=O)CSc1nnc(N2CCCC2)n1C1CC1. The van der Waals surface area contributed by atoms with Crippen LogP contribution in [0, 0.1) is 0 Å². The van der Waals surface area contributed by atoms with E-state index in [0.717, 1.165) is 35.7 Å². The first-order valence-corrected chi connectivity index (χ1v) is 11.6. The van der Waals surface area contributed by atoms with Crippen LogP contribution >= 0.6 is 11.8 Å². The normalized spacial score (nSPS) is 20.4. The Labute approximate surface area is 180 Å². The molecule has 1 atom stereocenters. The monoisotopic (exact) mass is 429 g/mol. The van der Waals surface area contributed by atoms with Crippen LogP contribution in [0.15, 0.2) is 29.4 Å². The van der Waals surface area contributed by atoms with Gasteiger partial charge >= 0.3 is 0 Å². The Hall–Kier alpha value is -2.42. The average molecular weight is 430 g/mol. The molecular formula is C21H27N5O3S. The molecule has 1 saturated carbocycles. The highest BCUT2D eigenvalue weighted by molar-refractivity contribution is 7.99. The number of nitrogens with zero attached hydrogens (tertiary/aromatic N) is 5. The van der Waals surface area contributed by atoms with Crippen LogP contribution in [0.4, 0.5) is 5.95 Å². The molecule has 1 amide bonds. The second-order valence-corrected chi connectivity index (χ2v) is 9.08. The molecule has 1 aliphatic carbocycles. The van der Waals surface area contributed by atoms with Gasteiger partial charge in [0, 0.05) is 26.2 Å². The van der Waals surface area contributed by atoms with Gasteiger partial charge in [0.25, 0.3) is 0 Å². The molecule has 0 unspecified atom stereocenters. The molecule has 30 heavy (non-hydrogen) atoms. The third-order valence-electron chi connectivity index (χ3n) is 5.74. The molecule has 1 saturated heterocycles. The van der Waals surface area contributed by atoms with Crippen molar-refractivity contribution < 1.29 is 14.3 Å². The Morgan fingerprint density at radius 1 is 1.20 bits per heavy atom. The van der Waals surface area contributed by atoms with E-state index in [1.54, 1.807) is 4.90 Å². The predicted octanol–water partition coefficient (Wildman–Crippen LogP) is 2.60. The first kappa shape index (κ1) is 19.5. The van der Waals surface area contributed by atoms with E-state index in [0.29, 0.717) is 24.9 Å². The molecule has 0 bridgehead atoms. The van der Waals surface area contributed by atoms with Crippen molar-refractivity contribution >= 4 is 23.6 Å². The number of benzene rings is 1. The van der Waals surface area contributed by atoms with E-state index in [9.17, 15) is 4.79 Å². The van der Waals surface area contributed by atoms with E-state index in [2.05, 4.69) is 19.7 Å². The standard InChI is InChI=1S/C21H27N5O3S/c1-24(12-16-13-28-17-6-2-3-7-18(17)29-16)19(27)14-30-21-23-22-20(25-10-4-5-11-25)26(21)15-8-9-15/h2-3,6-7,15-16H,4-5,8-14H2,1H3/t16-/m0/s1. The third-order valence-corrected chi connectivity index (χ3v) is 6.67. The number of likely N-dealkylation sites (N-methyl/N-ethyl adjacent to an activating group) is 1. The minimum atomic E-state index is -0.171. The summed E-state index contributed by atoms with van der Waals surface area (Å²) in [4.78, 5) is 16.8. The van der Waals surface area contributed by atoms with Crippen LogP contribution in [-0.4, -0.2) is 70.7 Å². The van der Waals surface area contributed by atoms with Crippen molar-refractivity contribution in [3.8, 4) is 11.5 Å². The maximum absolute atomic E-state index is 12.7. The lowest BCUT2D eigenvalue weighted by molar-refractivity contribution is -0.128. The molecule has 8 nitrogen and oxygen atoms in total. The number of para-hydroxylation sites is 2. The van der Waals surface area contributed by atoms with Crippen molar-refractivity contribution in [2.24, 2.45) is 0 Å². The van der Waals surface area contributed by atoms with Gasteiger partial charge in [0.2, 0.25) is 11.9 Å². The lowest BCUT2D eigenvalue weighted by atomic mass is 10.2. The van der Waals surface area contributed by atoms with Gasteiger partial charge in [-0.15, -0.1) is 10.2 Å². The third kappa shape index (κ3) is 4.08. The Bertz CT molecular complexity index is 910. The van der Waals surface area contributed by atoms with Gasteiger partial charge in [0.1, 0.15) is 6.61 Å². The Morgan fingerprint density at radius 2 is 1.97 bits per heavy atom. The van der Waals surface area contributed by atoms with E-state index in [4.69, 9.17) is 9.47 Å². The average Bonchev–Trinajstić information content (AvgIpc) is 3.28. The summed E-state index contributed by atoms with van der Waals surface area (Å²) >= 11 is 1.48. The first-order chi connectivity index (χ1) is 14.7. The summed E-state index contributed by atoms with van der Waals surface area (Å²) in [5.74, 6) is 2.86. The van der Waals surface area contributed by atoms with Gasteiger partial charge in [0.15, 0.2) is 22.8 Å². The molecule has 5 rings (SSSR count). The number of rotatable bonds is 7. The van der Waals surface area contributed by atoms with Gasteiger partial charge in [0.05, 0.1) is 12.3 Å². The van der Waals surface area contributed by atoms with Gasteiger partial charge in [-0.25, -0.2) is 0 Å². The molecule has 0 spiro atoms. The fourth-order valence-electron chi connectivity index (χ4n) is 3.95. The summed E-state index contributed by atoms with van der Waals surface area (Å²) in [6.07, 6.45) is 4.58. The molecule has 160 valence electrons. The van der Waals surface area contributed by atoms with Gasteiger partial charge in [-0.1, -0.05) is 23.9 Å². The molecule has 3 heterocycles. The summed E-state index contributed by atoms with van der Waals surface area (Å²) in [7, 11) is 1.81. The lowest BCUT2D eigenvalue weighted by Crippen LogP contribution is -2.42. The van der Waals surface area contributed by atoms with E-state index < -0.39 is 0 Å². The van der Waals surface area contributed by atoms with Gasteiger partial charge < -0.3 is 19.3 Å². The van der Waals surface area contributed by atoms with Crippen molar-refractivity contribution in [3.05, 3.63) is 24.3 Å². The Balaban J connectivity index is 1.17. The smallest absolute Gasteiger partial charge is 0.232 e. The van der Waals surface area contributed by atoms with Crippen LogP contribution in [0.25, 0.3) is 0 Å². The summed E-state index contributed by atoms with van der Waals surface area (Å²) in [5, 5.41) is 9.72. The van der Waals surface area contributed by atoms with Crippen molar-refractivity contribution in [3.63, 3.8) is 0 Å². The molecule has 0 N–H and O–H groups in total. The predicted molar refractivity (Wildman–Crippen MR) is 114 cm³/mol. The van der Waals surface area contributed by atoms with Gasteiger partial charge in [-0.05, 0) is 37.8 Å². The van der Waals surface area contributed by atoms with E-state index in [1.165, 1.54) is 37.4 Å². The molecule has 3 aliphatic rings. The maximum atomic E-state index is 12.7. The molecule has 2 fully saturated rings. The topological polar surface area (TPSA) is 72.7 Å². The van der Waals surface area contributed by atoms with Crippen molar-refractivity contribution in [2.45, 2.75) is 43.0 Å². The fourth-order valence-corrected chi connectivity index (χ4v) is 4.89. The number of carbonyl (C=O) groups excluding carboxylic acids is 1. The fraction of sp³-hybridized carbons (Fsp3) is 0.571. The zero-order valence-electron chi connectivity index (χ0n) is 17.2. The van der Waals surface area contributed by atoms with E-state index in [1.807, 2.05) is 31.3 Å². The number of amides is 1. The van der Waals surface area contributed by atoms with Crippen LogP contribution in [0.5, 0.6) is 11.5 Å². The van der Waals surface area contributed by atoms with Gasteiger partial charge in [-0.3, -0.25) is 9.36 Å². The number of carbonyl (C=O) groups is 1. The van der Waals surface area contributed by atoms with Crippen molar-refractivity contribution in [1.29, 1.82) is 0 Å². The zero-order chi connectivity index (χ0) is 20.5. The molecule has 2 aromatic rings. The molecule has 0 radical (unpaired) electrons. The molecular weight excluding hydrogens is 402 g/mol. The number of aromatic nitrogens is 3.